The summed E-state index contributed by atoms with van der Waals surface area (Å²) in [7, 11) is 0. The molecule has 0 aliphatic carbocycles. The Morgan fingerprint density at radius 3 is 2.36 bits per heavy atom. The average molecular weight is 245 g/mol. The van der Waals surface area contributed by atoms with Crippen LogP contribution in [0.3, 0.4) is 0 Å². The summed E-state index contributed by atoms with van der Waals surface area (Å²) in [6.07, 6.45) is 0. The SMILES string of the molecule is Cc1c(Cl)nc(-c2cccs2)nc1Cl. The van der Waals surface area contributed by atoms with E-state index in [1.165, 1.54) is 0 Å². The monoisotopic (exact) mass is 244 g/mol. The van der Waals surface area contributed by atoms with Crippen LogP contribution in [-0.2, 0) is 0 Å². The van der Waals surface area contributed by atoms with Gasteiger partial charge in [0, 0.05) is 5.56 Å². The Balaban J connectivity index is 2.57. The second-order valence-corrected chi connectivity index (χ2v) is 4.39. The smallest absolute Gasteiger partial charge is 0.172 e. The van der Waals surface area contributed by atoms with Crippen molar-refractivity contribution >= 4 is 34.5 Å². The molecule has 0 spiro atoms. The van der Waals surface area contributed by atoms with Crippen molar-refractivity contribution in [3.63, 3.8) is 0 Å². The lowest BCUT2D eigenvalue weighted by Crippen LogP contribution is -1.92. The van der Waals surface area contributed by atoms with E-state index in [0.717, 1.165) is 4.88 Å². The number of halogens is 2. The molecule has 0 radical (unpaired) electrons. The highest BCUT2D eigenvalue weighted by Gasteiger charge is 2.09. The van der Waals surface area contributed by atoms with Crippen molar-refractivity contribution < 1.29 is 0 Å². The molecule has 0 aromatic carbocycles. The Kier molecular flexibility index (Phi) is 2.72. The first-order chi connectivity index (χ1) is 6.68. The summed E-state index contributed by atoms with van der Waals surface area (Å²) in [5, 5.41) is 2.78. The number of rotatable bonds is 1. The van der Waals surface area contributed by atoms with Crippen LogP contribution in [0.5, 0.6) is 0 Å². The van der Waals surface area contributed by atoms with Crippen molar-refractivity contribution in [3.8, 4) is 10.7 Å². The lowest BCUT2D eigenvalue weighted by molar-refractivity contribution is 1.15. The Hall–Kier alpha value is -0.640. The molecule has 0 aliphatic heterocycles. The second-order valence-electron chi connectivity index (χ2n) is 2.73. The standard InChI is InChI=1S/C9H6Cl2N2S/c1-5-7(10)12-9(13-8(5)11)6-3-2-4-14-6/h2-4H,1H3. The largest absolute Gasteiger partial charge is 0.215 e. The second kappa shape index (κ2) is 3.85. The fourth-order valence-electron chi connectivity index (χ4n) is 0.980. The third kappa shape index (κ3) is 1.75. The maximum absolute atomic E-state index is 5.91. The molecule has 2 aromatic rings. The zero-order chi connectivity index (χ0) is 10.1. The summed E-state index contributed by atoms with van der Waals surface area (Å²) < 4.78 is 0. The number of hydrogen-bond acceptors (Lipinski definition) is 3. The highest BCUT2D eigenvalue weighted by atomic mass is 35.5. The molecule has 0 bridgehead atoms. The van der Waals surface area contributed by atoms with Gasteiger partial charge in [-0.25, -0.2) is 9.97 Å². The van der Waals surface area contributed by atoms with Crippen molar-refractivity contribution in [3.05, 3.63) is 33.4 Å². The van der Waals surface area contributed by atoms with E-state index in [-0.39, 0.29) is 0 Å². The topological polar surface area (TPSA) is 25.8 Å². The lowest BCUT2D eigenvalue weighted by Gasteiger charge is -2.02. The maximum Gasteiger partial charge on any atom is 0.172 e. The van der Waals surface area contributed by atoms with E-state index in [2.05, 4.69) is 9.97 Å². The van der Waals surface area contributed by atoms with Gasteiger partial charge >= 0.3 is 0 Å². The normalized spacial score (nSPS) is 10.5. The van der Waals surface area contributed by atoms with Crippen LogP contribution in [0, 0.1) is 6.92 Å². The first kappa shape index (κ1) is 9.90. The minimum absolute atomic E-state index is 0.411. The first-order valence-corrected chi connectivity index (χ1v) is 5.55. The van der Waals surface area contributed by atoms with Crippen LogP contribution in [0.15, 0.2) is 17.5 Å². The van der Waals surface area contributed by atoms with E-state index in [1.807, 2.05) is 17.5 Å². The molecule has 2 aromatic heterocycles. The molecule has 14 heavy (non-hydrogen) atoms. The van der Waals surface area contributed by atoms with Crippen LogP contribution in [0.2, 0.25) is 10.3 Å². The van der Waals surface area contributed by atoms with E-state index < -0.39 is 0 Å². The molecular formula is C9H6Cl2N2S. The minimum Gasteiger partial charge on any atom is -0.215 e. The third-order valence-corrected chi connectivity index (χ3v) is 3.37. The summed E-state index contributed by atoms with van der Waals surface area (Å²) in [6.45, 7) is 1.79. The van der Waals surface area contributed by atoms with Gasteiger partial charge in [-0.05, 0) is 18.4 Å². The Bertz CT molecular complexity index is 431. The summed E-state index contributed by atoms with van der Waals surface area (Å²) >= 11 is 13.4. The number of aromatic nitrogens is 2. The molecule has 0 unspecified atom stereocenters. The quantitative estimate of drug-likeness (QED) is 0.713. The molecule has 0 amide bonds. The number of thiophene rings is 1. The summed E-state index contributed by atoms with van der Waals surface area (Å²) in [5.74, 6) is 0.584. The number of hydrogen-bond donors (Lipinski definition) is 0. The molecule has 0 atom stereocenters. The van der Waals surface area contributed by atoms with Crippen molar-refractivity contribution in [2.24, 2.45) is 0 Å². The number of nitrogens with zero attached hydrogens (tertiary/aromatic N) is 2. The molecule has 2 heterocycles. The molecule has 0 fully saturated rings. The van der Waals surface area contributed by atoms with Crippen LogP contribution >= 0.6 is 34.5 Å². The van der Waals surface area contributed by atoms with Crippen LogP contribution in [0.4, 0.5) is 0 Å². The van der Waals surface area contributed by atoms with E-state index >= 15 is 0 Å². The van der Waals surface area contributed by atoms with E-state index in [9.17, 15) is 0 Å². The van der Waals surface area contributed by atoms with Gasteiger partial charge in [-0.15, -0.1) is 11.3 Å². The molecule has 0 aliphatic rings. The molecule has 5 heteroatoms. The average Bonchev–Trinajstić information content (AvgIpc) is 2.66. The van der Waals surface area contributed by atoms with Crippen molar-refractivity contribution in [2.75, 3.05) is 0 Å². The summed E-state index contributed by atoms with van der Waals surface area (Å²) in [5.41, 5.74) is 0.716. The Morgan fingerprint density at radius 2 is 1.86 bits per heavy atom. The molecule has 72 valence electrons. The molecule has 2 rings (SSSR count). The van der Waals surface area contributed by atoms with Gasteiger partial charge in [0.25, 0.3) is 0 Å². The highest BCUT2D eigenvalue weighted by molar-refractivity contribution is 7.13. The van der Waals surface area contributed by atoms with Crippen LogP contribution in [0.25, 0.3) is 10.7 Å². The zero-order valence-electron chi connectivity index (χ0n) is 7.29. The van der Waals surface area contributed by atoms with Gasteiger partial charge < -0.3 is 0 Å². The van der Waals surface area contributed by atoms with Crippen LogP contribution < -0.4 is 0 Å². The summed E-state index contributed by atoms with van der Waals surface area (Å²) in [6, 6.07) is 3.87. The van der Waals surface area contributed by atoms with Gasteiger partial charge in [-0.2, -0.15) is 0 Å². The van der Waals surface area contributed by atoms with Gasteiger partial charge in [-0.3, -0.25) is 0 Å². The predicted octanol–water partition coefficient (Wildman–Crippen LogP) is 3.82. The lowest BCUT2D eigenvalue weighted by atomic mass is 10.3. The predicted molar refractivity (Wildman–Crippen MR) is 60.1 cm³/mol. The summed E-state index contributed by atoms with van der Waals surface area (Å²) in [4.78, 5) is 9.28. The molecule has 0 saturated heterocycles. The third-order valence-electron chi connectivity index (χ3n) is 1.77. The van der Waals surface area contributed by atoms with Crippen molar-refractivity contribution in [1.29, 1.82) is 0 Å². The fourth-order valence-corrected chi connectivity index (χ4v) is 2.02. The fraction of sp³-hybridized carbons (Fsp3) is 0.111. The zero-order valence-corrected chi connectivity index (χ0v) is 9.62. The van der Waals surface area contributed by atoms with E-state index in [1.54, 1.807) is 18.3 Å². The maximum atomic E-state index is 5.91. The first-order valence-electron chi connectivity index (χ1n) is 3.92. The molecule has 0 saturated carbocycles. The van der Waals surface area contributed by atoms with Crippen LogP contribution in [0.1, 0.15) is 5.56 Å². The minimum atomic E-state index is 0.411. The molecule has 2 nitrogen and oxygen atoms in total. The molecular weight excluding hydrogens is 239 g/mol. The van der Waals surface area contributed by atoms with Crippen molar-refractivity contribution in [1.82, 2.24) is 9.97 Å². The highest BCUT2D eigenvalue weighted by Crippen LogP contribution is 2.26. The Morgan fingerprint density at radius 1 is 1.21 bits per heavy atom. The molecule has 0 N–H and O–H groups in total. The van der Waals surface area contributed by atoms with E-state index in [0.29, 0.717) is 21.7 Å². The van der Waals surface area contributed by atoms with Gasteiger partial charge in [0.2, 0.25) is 0 Å². The van der Waals surface area contributed by atoms with E-state index in [4.69, 9.17) is 23.2 Å². The Labute approximate surface area is 95.5 Å². The van der Waals surface area contributed by atoms with Crippen LogP contribution in [-0.4, -0.2) is 9.97 Å². The van der Waals surface area contributed by atoms with Gasteiger partial charge in [0.1, 0.15) is 10.3 Å². The van der Waals surface area contributed by atoms with Gasteiger partial charge in [0.05, 0.1) is 4.88 Å². The van der Waals surface area contributed by atoms with Gasteiger partial charge in [-0.1, -0.05) is 29.3 Å². The van der Waals surface area contributed by atoms with Crippen molar-refractivity contribution in [2.45, 2.75) is 6.92 Å². The van der Waals surface area contributed by atoms with Gasteiger partial charge in [0.15, 0.2) is 5.82 Å².